The lowest BCUT2D eigenvalue weighted by Gasteiger charge is -2.64. The molecule has 2 spiro atoms. The highest BCUT2D eigenvalue weighted by atomic mass is 16.8. The molecule has 17 nitrogen and oxygen atoms in total. The van der Waals surface area contributed by atoms with E-state index in [0.717, 1.165) is 64.2 Å². The van der Waals surface area contributed by atoms with Crippen LogP contribution in [0.4, 0.5) is 0 Å². The smallest absolute Gasteiger partial charge is 0.187 e. The summed E-state index contributed by atoms with van der Waals surface area (Å²) in [7, 11) is 0. The van der Waals surface area contributed by atoms with Gasteiger partial charge < -0.3 is 84.2 Å². The average molecular weight is 915 g/mol. The van der Waals surface area contributed by atoms with Crippen molar-refractivity contribution in [2.75, 3.05) is 13.2 Å². The highest BCUT2D eigenvalue weighted by Gasteiger charge is 2.83. The maximum absolute atomic E-state index is 12.1. The summed E-state index contributed by atoms with van der Waals surface area (Å²) in [6, 6.07) is 0. The van der Waals surface area contributed by atoms with Crippen LogP contribution in [-0.4, -0.2) is 180 Å². The maximum atomic E-state index is 12.1. The fourth-order valence-electron chi connectivity index (χ4n) is 16.3. The van der Waals surface area contributed by atoms with E-state index >= 15 is 0 Å². The lowest BCUT2D eigenvalue weighted by Crippen LogP contribution is -2.65. The van der Waals surface area contributed by atoms with Crippen LogP contribution in [0.3, 0.4) is 0 Å². The van der Waals surface area contributed by atoms with Crippen LogP contribution < -0.4 is 0 Å². The quantitative estimate of drug-likeness (QED) is 0.142. The summed E-state index contributed by atoms with van der Waals surface area (Å²) in [4.78, 5) is 0. The molecular weight excluding hydrogens is 837 g/mol. The van der Waals surface area contributed by atoms with Gasteiger partial charge in [-0.3, -0.25) is 0 Å². The number of rotatable bonds is 9. The minimum absolute atomic E-state index is 0.0310. The Balaban J connectivity index is 0.899. The van der Waals surface area contributed by atoms with Crippen LogP contribution >= 0.6 is 0 Å². The Morgan fingerprint density at radius 2 is 1.28 bits per heavy atom. The predicted octanol–water partition coefficient (Wildman–Crippen LogP) is 0.605. The summed E-state index contributed by atoms with van der Waals surface area (Å²) in [5.74, 6) is 0.750. The zero-order valence-corrected chi connectivity index (χ0v) is 38.9. The monoisotopic (exact) mass is 915 g/mol. The van der Waals surface area contributed by atoms with E-state index in [4.69, 9.17) is 33.2 Å². The maximum Gasteiger partial charge on any atom is 0.187 e. The molecule has 0 bridgehead atoms. The summed E-state index contributed by atoms with van der Waals surface area (Å²) in [5.41, 5.74) is -1.74. The van der Waals surface area contributed by atoms with Gasteiger partial charge in [-0.15, -0.1) is 0 Å². The normalized spacial score (nSPS) is 58.2. The van der Waals surface area contributed by atoms with Crippen molar-refractivity contribution >= 4 is 0 Å². The Morgan fingerprint density at radius 3 is 1.95 bits per heavy atom. The summed E-state index contributed by atoms with van der Waals surface area (Å²) in [6.07, 6.45) is -12.6. The van der Waals surface area contributed by atoms with E-state index in [0.29, 0.717) is 11.8 Å². The minimum Gasteiger partial charge on any atom is -0.394 e. The molecular formula is C47H78O17. The minimum atomic E-state index is -1.80. The van der Waals surface area contributed by atoms with Crippen molar-refractivity contribution in [2.45, 2.75) is 235 Å². The van der Waals surface area contributed by atoms with Crippen LogP contribution in [0.2, 0.25) is 0 Å². The van der Waals surface area contributed by atoms with Gasteiger partial charge in [0.25, 0.3) is 0 Å². The Labute approximate surface area is 376 Å². The van der Waals surface area contributed by atoms with Crippen LogP contribution in [0.25, 0.3) is 0 Å². The molecule has 4 aliphatic heterocycles. The first kappa shape index (κ1) is 48.3. The lowest BCUT2D eigenvalue weighted by atomic mass is 9.41. The number of hydrogen-bond donors (Lipinski definition) is 10. The molecule has 9 fully saturated rings. The van der Waals surface area contributed by atoms with Gasteiger partial charge in [-0.25, -0.2) is 0 Å². The molecule has 0 unspecified atom stereocenters. The van der Waals surface area contributed by atoms with E-state index < -0.39 is 110 Å². The van der Waals surface area contributed by atoms with Gasteiger partial charge in [-0.2, -0.15) is 0 Å². The SMILES string of the molecule is C[C@@H]1O[C@@H](O[C@H]2[C@H](O[C@H]3CC[C@]45C[C@]46CC[C@]4(C)[C@@H]([C@]7(C)CC[C@@H](C(C)(C)O)O7)[C@@H](O)C[C@@]4(C)[C@@H]6CC[C@H]5C3(C)C)OC[C@@H](O)[C@@H]2O)[C@H](O)[C@H](O[C@@H]2O[C@H](CO)[C@@H](O)[C@H](O)[C@H]2O)[C@H]1O. The van der Waals surface area contributed by atoms with Gasteiger partial charge in [0.2, 0.25) is 0 Å². The van der Waals surface area contributed by atoms with E-state index in [-0.39, 0.29) is 51.8 Å². The van der Waals surface area contributed by atoms with Crippen LogP contribution in [0, 0.1) is 44.8 Å². The molecule has 5 saturated carbocycles. The molecule has 0 radical (unpaired) electrons. The van der Waals surface area contributed by atoms with Crippen LogP contribution in [-0.2, 0) is 33.2 Å². The zero-order valence-electron chi connectivity index (χ0n) is 38.9. The third kappa shape index (κ3) is 7.02. The van der Waals surface area contributed by atoms with Crippen molar-refractivity contribution in [1.29, 1.82) is 0 Å². The Bertz CT molecular complexity index is 1710. The lowest BCUT2D eigenvalue weighted by molar-refractivity contribution is -0.382. The molecule has 64 heavy (non-hydrogen) atoms. The first-order chi connectivity index (χ1) is 29.8. The molecule has 0 aromatic carbocycles. The molecule has 368 valence electrons. The van der Waals surface area contributed by atoms with E-state index in [9.17, 15) is 51.1 Å². The van der Waals surface area contributed by atoms with Crippen molar-refractivity contribution in [3.63, 3.8) is 0 Å². The predicted molar refractivity (Wildman–Crippen MR) is 224 cm³/mol. The second-order valence-electron chi connectivity index (χ2n) is 23.7. The van der Waals surface area contributed by atoms with Gasteiger partial charge in [-0.05, 0) is 131 Å². The van der Waals surface area contributed by atoms with Crippen molar-refractivity contribution < 1.29 is 84.2 Å². The van der Waals surface area contributed by atoms with Crippen LogP contribution in [0.1, 0.15) is 120 Å². The standard InChI is InChI=1S/C47H78O17/c1-21-29(51)35(62-38-33(55)32(54)31(53)24(18-48)60-38)34(56)39(59-21)63-36-30(52)23(50)19-58-40(36)61-27-12-14-46-20-47(46)16-15-43(6)37(45(8)13-11-28(64-45)42(4,5)57)22(49)17-44(43,7)26(47)10-9-25(46)41(27,2)3/h21-40,48-57H,9-20H2,1-8H3/t21-,22-,23+,24+,25-,26-,27-,28-,29-,30-,31+,32-,33+,34+,35+,36+,37-,38-,39-,40-,43+,44-,45-,46+,47-/m0/s1. The molecule has 9 aliphatic rings. The number of aliphatic hydroxyl groups excluding tert-OH is 9. The second kappa shape index (κ2) is 16.2. The first-order valence-electron chi connectivity index (χ1n) is 24.1. The third-order valence-corrected chi connectivity index (χ3v) is 19.7. The molecule has 5 aliphatic carbocycles. The highest BCUT2D eigenvalue weighted by Crippen LogP contribution is 2.89. The van der Waals surface area contributed by atoms with Gasteiger partial charge >= 0.3 is 0 Å². The van der Waals surface area contributed by atoms with Crippen molar-refractivity contribution in [3.05, 3.63) is 0 Å². The summed E-state index contributed by atoms with van der Waals surface area (Å²) < 4.78 is 43.1. The van der Waals surface area contributed by atoms with Gasteiger partial charge in [0.1, 0.15) is 61.0 Å². The molecule has 9 rings (SSSR count). The van der Waals surface area contributed by atoms with E-state index in [1.807, 2.05) is 13.8 Å². The third-order valence-electron chi connectivity index (χ3n) is 19.7. The zero-order chi connectivity index (χ0) is 46.5. The van der Waals surface area contributed by atoms with Crippen molar-refractivity contribution in [3.8, 4) is 0 Å². The Kier molecular flexibility index (Phi) is 12.2. The number of aliphatic hydroxyl groups is 10. The molecule has 0 amide bonds. The number of ether oxygens (including phenoxy) is 7. The topological polar surface area (TPSA) is 267 Å². The molecule has 25 atom stereocenters. The fourth-order valence-corrected chi connectivity index (χ4v) is 16.3. The van der Waals surface area contributed by atoms with Gasteiger partial charge in [-0.1, -0.05) is 27.7 Å². The number of hydrogen-bond acceptors (Lipinski definition) is 17. The Morgan fingerprint density at radius 1 is 0.625 bits per heavy atom. The molecule has 4 heterocycles. The Hall–Kier alpha value is -0.680. The summed E-state index contributed by atoms with van der Waals surface area (Å²) in [6.45, 7) is 15.8. The van der Waals surface area contributed by atoms with Crippen LogP contribution in [0.15, 0.2) is 0 Å². The first-order valence-corrected chi connectivity index (χ1v) is 24.1. The van der Waals surface area contributed by atoms with Crippen molar-refractivity contribution in [1.82, 2.24) is 0 Å². The van der Waals surface area contributed by atoms with Gasteiger partial charge in [0.05, 0.1) is 48.8 Å². The van der Waals surface area contributed by atoms with Gasteiger partial charge in [0.15, 0.2) is 18.9 Å². The van der Waals surface area contributed by atoms with Crippen molar-refractivity contribution in [2.24, 2.45) is 44.8 Å². The fraction of sp³-hybridized carbons (Fsp3) is 1.00. The van der Waals surface area contributed by atoms with E-state index in [1.54, 1.807) is 0 Å². The van der Waals surface area contributed by atoms with E-state index in [1.165, 1.54) is 6.92 Å². The highest BCUT2D eigenvalue weighted by molar-refractivity contribution is 5.32. The molecule has 0 aromatic heterocycles. The molecule has 4 saturated heterocycles. The number of fused-ring (bicyclic) bond motifs is 2. The largest absolute Gasteiger partial charge is 0.394 e. The average Bonchev–Trinajstić information content (AvgIpc) is 3.61. The molecule has 17 heteroatoms. The molecule has 0 aromatic rings. The van der Waals surface area contributed by atoms with Crippen LogP contribution in [0.5, 0.6) is 0 Å². The van der Waals surface area contributed by atoms with E-state index in [2.05, 4.69) is 34.6 Å². The van der Waals surface area contributed by atoms with Gasteiger partial charge in [0, 0.05) is 5.92 Å². The molecule has 10 N–H and O–H groups in total. The summed E-state index contributed by atoms with van der Waals surface area (Å²) >= 11 is 0. The summed E-state index contributed by atoms with van der Waals surface area (Å²) in [5, 5.41) is 109. The second-order valence-corrected chi connectivity index (χ2v) is 23.7.